The molecule has 2 aromatic heterocycles. The van der Waals surface area contributed by atoms with Crippen LogP contribution in [0.1, 0.15) is 101 Å². The zero-order chi connectivity index (χ0) is 42.9. The van der Waals surface area contributed by atoms with E-state index in [4.69, 9.17) is 52.4 Å². The number of aliphatic hydroxyl groups is 4. The Labute approximate surface area is 343 Å². The molecule has 0 aromatic carbocycles. The number of primary amides is 1. The van der Waals surface area contributed by atoms with Crippen molar-refractivity contribution in [2.24, 2.45) is 58.1 Å². The smallest absolute Gasteiger partial charge is 0.350 e. The maximum atomic E-state index is 11.4. The number of aromatic nitrogens is 5. The van der Waals surface area contributed by atoms with Gasteiger partial charge in [0.2, 0.25) is 5.82 Å². The summed E-state index contributed by atoms with van der Waals surface area (Å²) in [5, 5.41) is 40.8. The summed E-state index contributed by atoms with van der Waals surface area (Å²) in [5.41, 5.74) is 23.0. The maximum absolute atomic E-state index is 11.4. The zero-order valence-corrected chi connectivity index (χ0v) is 34.6. The predicted molar refractivity (Wildman–Crippen MR) is 213 cm³/mol. The molecule has 11 rings (SSSR count). The fraction of sp³-hybridized carbons (Fsp3) is 0.816. The number of nitrogens with zero attached hydrogens (tertiary/aromatic N) is 5. The van der Waals surface area contributed by atoms with Gasteiger partial charge < -0.3 is 62.6 Å². The van der Waals surface area contributed by atoms with Crippen molar-refractivity contribution >= 4 is 19.3 Å². The van der Waals surface area contributed by atoms with Gasteiger partial charge in [-0.05, 0) is 131 Å². The van der Waals surface area contributed by atoms with Gasteiger partial charge in [0.25, 0.3) is 5.91 Å². The number of amides is 1. The van der Waals surface area contributed by atoms with Crippen molar-refractivity contribution in [1.29, 1.82) is 0 Å². The number of ether oxygens (including phenoxy) is 2. The van der Waals surface area contributed by atoms with E-state index in [1.54, 1.807) is 0 Å². The molecule has 6 atom stereocenters. The van der Waals surface area contributed by atoms with Crippen molar-refractivity contribution in [1.82, 2.24) is 24.3 Å². The first kappa shape index (κ1) is 45.6. The van der Waals surface area contributed by atoms with Crippen molar-refractivity contribution in [3.8, 4) is 0 Å². The number of carbonyl (C=O) groups is 1. The molecule has 1 aliphatic heterocycles. The number of carbonyl (C=O) groups excluding carboxylic acids is 1. The third-order valence-electron chi connectivity index (χ3n) is 13.6. The Morgan fingerprint density at radius 1 is 0.966 bits per heavy atom. The van der Waals surface area contributed by atoms with Crippen LogP contribution in [0.4, 0.5) is 5.82 Å². The number of anilines is 1. The highest BCUT2D eigenvalue weighted by Gasteiger charge is 2.52. The Kier molecular flexibility index (Phi) is 14.4. The van der Waals surface area contributed by atoms with Crippen molar-refractivity contribution in [2.45, 2.75) is 133 Å². The van der Waals surface area contributed by atoms with Crippen molar-refractivity contribution in [3.05, 3.63) is 34.9 Å². The standard InChI is InChI=1S/C12H21N.C10H17N.C8H12N4O5.C8H14N3O6P/c1-8(13)12-5-9-2-10(6-12)4-11(3-9)7-12;11-10-4-7-1-8(5-10)3-9(2-7)6-10;9-6(16)7-10-2-12(11-7)8-5(15)4(14)3(1-13)17-8;9-7-1-2-11(8(13)10-7)3-6(4-12)17-5-18(14,15)16/h8-11H,2-7,13H2,1H3;7-9H,1-6,11H2;2-5,8,13-15H,1H2,(H2,9,16);1-2,6,12H,3-5H2,(H2,9,10,13)(H2,14,15,16)/t;;3-,4-,5-,8-;6-/m..10/s1. The van der Waals surface area contributed by atoms with E-state index in [0.29, 0.717) is 17.0 Å². The van der Waals surface area contributed by atoms with E-state index in [1.165, 1.54) is 89.3 Å². The lowest BCUT2D eigenvalue weighted by Gasteiger charge is -2.58. The first-order chi connectivity index (χ1) is 27.8. The van der Waals surface area contributed by atoms with E-state index in [1.807, 2.05) is 0 Å². The highest BCUT2D eigenvalue weighted by Crippen LogP contribution is 2.61. The highest BCUT2D eigenvalue weighted by molar-refractivity contribution is 7.51. The van der Waals surface area contributed by atoms with Gasteiger partial charge in [0.05, 0.1) is 25.9 Å². The first-order valence-corrected chi connectivity index (χ1v) is 22.5. The number of nitrogen functional groups attached to an aromatic ring is 1. The molecule has 9 aliphatic rings. The van der Waals surface area contributed by atoms with Crippen LogP contribution in [0.3, 0.4) is 0 Å². The molecule has 3 heterocycles. The average molecular weight is 854 g/mol. The largest absolute Gasteiger partial charge is 0.394 e. The lowest BCUT2D eigenvalue weighted by Crippen LogP contribution is -2.55. The SMILES string of the molecule is CC(N)C12CC3CC(CC(C3)C1)C2.NC(=O)c1ncn([C@@H]2O[C@H](CO)[C@@H](O)[C@H]2O)n1.NC12CC3CC(CC(C3)C1)C2.Nc1ccn(C[C@@H](CO)OCP(=O)(O)O)c(=O)n1. The fourth-order valence-corrected chi connectivity index (χ4v) is 12.1. The minimum Gasteiger partial charge on any atom is -0.394 e. The van der Waals surface area contributed by atoms with Crippen LogP contribution in [-0.4, -0.2) is 116 Å². The molecule has 1 saturated heterocycles. The minimum atomic E-state index is -4.31. The molecule has 2 aromatic rings. The summed E-state index contributed by atoms with van der Waals surface area (Å²) in [5.74, 6) is 5.25. The maximum Gasteiger partial charge on any atom is 0.350 e. The van der Waals surface area contributed by atoms with Crippen LogP contribution < -0.4 is 28.6 Å². The van der Waals surface area contributed by atoms with Gasteiger partial charge in [-0.3, -0.25) is 13.9 Å². The molecule has 9 fully saturated rings. The summed E-state index contributed by atoms with van der Waals surface area (Å²) >= 11 is 0. The molecule has 1 amide bonds. The molecular formula is C38H64N9O11P. The van der Waals surface area contributed by atoms with E-state index in [9.17, 15) is 24.4 Å². The van der Waals surface area contributed by atoms with E-state index in [2.05, 4.69) is 22.0 Å². The molecule has 59 heavy (non-hydrogen) atoms. The normalized spacial score (nSPS) is 37.0. The first-order valence-electron chi connectivity index (χ1n) is 20.8. The van der Waals surface area contributed by atoms with Gasteiger partial charge in [-0.1, -0.05) is 0 Å². The second-order valence-corrected chi connectivity index (χ2v) is 20.1. The van der Waals surface area contributed by atoms with Gasteiger partial charge in [-0.25, -0.2) is 14.5 Å². The van der Waals surface area contributed by atoms with Crippen LogP contribution in [-0.2, 0) is 20.6 Å². The molecule has 21 heteroatoms. The second kappa shape index (κ2) is 18.6. The molecule has 8 bridgehead atoms. The van der Waals surface area contributed by atoms with E-state index >= 15 is 0 Å². The van der Waals surface area contributed by atoms with Gasteiger partial charge in [0, 0.05) is 17.8 Å². The molecule has 332 valence electrons. The number of hydrogen-bond acceptors (Lipinski definition) is 15. The van der Waals surface area contributed by atoms with E-state index in [-0.39, 0.29) is 18.2 Å². The van der Waals surface area contributed by atoms with Crippen LogP contribution >= 0.6 is 7.60 Å². The summed E-state index contributed by atoms with van der Waals surface area (Å²) in [6.07, 6.45) is 13.9. The Morgan fingerprint density at radius 3 is 1.88 bits per heavy atom. The third kappa shape index (κ3) is 11.3. The number of nitrogens with two attached hydrogens (primary N) is 4. The Morgan fingerprint density at radius 2 is 1.49 bits per heavy atom. The summed E-state index contributed by atoms with van der Waals surface area (Å²) in [7, 11) is -4.31. The molecule has 8 saturated carbocycles. The van der Waals surface area contributed by atoms with Gasteiger partial charge in [-0.15, -0.1) is 5.10 Å². The Bertz CT molecular complexity index is 1770. The van der Waals surface area contributed by atoms with Crippen LogP contribution in [0.5, 0.6) is 0 Å². The van der Waals surface area contributed by atoms with Crippen LogP contribution in [0.25, 0.3) is 0 Å². The average Bonchev–Trinajstić information content (AvgIpc) is 3.74. The Balaban J connectivity index is 0.000000134. The van der Waals surface area contributed by atoms with Gasteiger partial charge in [-0.2, -0.15) is 4.98 Å². The minimum absolute atomic E-state index is 0.0629. The quantitative estimate of drug-likeness (QED) is 0.138. The van der Waals surface area contributed by atoms with E-state index < -0.39 is 69.4 Å². The number of aliphatic hydroxyl groups excluding tert-OH is 4. The summed E-state index contributed by atoms with van der Waals surface area (Å²) < 4.78 is 22.8. The molecule has 1 unspecified atom stereocenters. The zero-order valence-electron chi connectivity index (χ0n) is 33.7. The lowest BCUT2D eigenvalue weighted by atomic mass is 9.48. The fourth-order valence-electron chi connectivity index (χ4n) is 11.7. The second-order valence-electron chi connectivity index (χ2n) is 18.5. The lowest BCUT2D eigenvalue weighted by molar-refractivity contribution is -0.0637. The van der Waals surface area contributed by atoms with Crippen molar-refractivity contribution in [2.75, 3.05) is 25.3 Å². The van der Waals surface area contributed by atoms with Gasteiger partial charge in [0.15, 0.2) is 6.23 Å². The number of hydrogen-bond donors (Lipinski definition) is 10. The molecule has 0 radical (unpaired) electrons. The Hall–Kier alpha value is -2.88. The van der Waals surface area contributed by atoms with Crippen molar-refractivity contribution < 1.29 is 49.0 Å². The molecule has 14 N–H and O–H groups in total. The van der Waals surface area contributed by atoms with Gasteiger partial charge in [0.1, 0.15) is 36.8 Å². The van der Waals surface area contributed by atoms with Crippen LogP contribution in [0.15, 0.2) is 23.4 Å². The summed E-state index contributed by atoms with van der Waals surface area (Å²) in [4.78, 5) is 46.5. The summed E-state index contributed by atoms with van der Waals surface area (Å²) in [6.45, 7) is 1.23. The van der Waals surface area contributed by atoms with Crippen molar-refractivity contribution in [3.63, 3.8) is 0 Å². The highest BCUT2D eigenvalue weighted by atomic mass is 31.2. The summed E-state index contributed by atoms with van der Waals surface area (Å²) in [6, 6.07) is 1.83. The van der Waals surface area contributed by atoms with E-state index in [0.717, 1.165) is 51.1 Å². The van der Waals surface area contributed by atoms with Gasteiger partial charge >= 0.3 is 13.3 Å². The molecular weight excluding hydrogens is 789 g/mol. The molecule has 20 nitrogen and oxygen atoms in total. The molecule has 0 spiro atoms. The molecule has 8 aliphatic carbocycles. The van der Waals surface area contributed by atoms with Crippen LogP contribution in [0.2, 0.25) is 0 Å². The third-order valence-corrected chi connectivity index (χ3v) is 14.1. The monoisotopic (exact) mass is 853 g/mol. The van der Waals surface area contributed by atoms with Crippen LogP contribution in [0, 0.1) is 40.9 Å². The number of rotatable bonds is 10. The topological polar surface area (TPSA) is 344 Å². The predicted octanol–water partition coefficient (Wildman–Crippen LogP) is -0.209.